The van der Waals surface area contributed by atoms with E-state index >= 15 is 0 Å². The average Bonchev–Trinajstić information content (AvgIpc) is 2.45. The van der Waals surface area contributed by atoms with Crippen molar-refractivity contribution in [1.29, 1.82) is 0 Å². The van der Waals surface area contributed by atoms with Gasteiger partial charge in [-0.3, -0.25) is 9.59 Å². The third-order valence-corrected chi connectivity index (χ3v) is 3.56. The van der Waals surface area contributed by atoms with E-state index in [1.165, 1.54) is 17.7 Å². The van der Waals surface area contributed by atoms with Crippen LogP contribution >= 0.6 is 0 Å². The number of H-pyrrole nitrogens is 1. The Bertz CT molecular complexity index is 722. The van der Waals surface area contributed by atoms with Crippen molar-refractivity contribution in [3.05, 3.63) is 63.1 Å². The number of aryl methyl sites for hydroxylation is 1. The normalized spacial score (nSPS) is 11.3. The lowest BCUT2D eigenvalue weighted by atomic mass is 9.85. The van der Waals surface area contributed by atoms with E-state index in [1.807, 2.05) is 13.0 Å². The average molecular weight is 299 g/mol. The van der Waals surface area contributed by atoms with E-state index in [1.54, 1.807) is 0 Å². The molecule has 2 rings (SSSR count). The van der Waals surface area contributed by atoms with Gasteiger partial charge in [0.1, 0.15) is 5.69 Å². The minimum Gasteiger partial charge on any atom is -0.347 e. The fourth-order valence-corrected chi connectivity index (χ4v) is 2.10. The van der Waals surface area contributed by atoms with Gasteiger partial charge >= 0.3 is 0 Å². The number of carbonyl (C=O) groups is 1. The fourth-order valence-electron chi connectivity index (χ4n) is 2.10. The van der Waals surface area contributed by atoms with E-state index in [9.17, 15) is 9.59 Å². The lowest BCUT2D eigenvalue weighted by molar-refractivity contribution is 0.0944. The van der Waals surface area contributed by atoms with E-state index < -0.39 is 0 Å². The Balaban J connectivity index is 2.07. The molecular weight excluding hydrogens is 278 g/mol. The van der Waals surface area contributed by atoms with E-state index in [-0.39, 0.29) is 22.6 Å². The Kier molecular flexibility index (Phi) is 4.45. The molecule has 2 N–H and O–H groups in total. The lowest BCUT2D eigenvalue weighted by Crippen LogP contribution is -2.25. The molecule has 2 aromatic rings. The first-order valence-electron chi connectivity index (χ1n) is 7.21. The molecule has 5 nitrogen and oxygen atoms in total. The molecule has 0 aliphatic heterocycles. The van der Waals surface area contributed by atoms with Gasteiger partial charge in [0.05, 0.1) is 0 Å². The van der Waals surface area contributed by atoms with Gasteiger partial charge in [0, 0.05) is 12.6 Å². The lowest BCUT2D eigenvalue weighted by Gasteiger charge is -2.20. The summed E-state index contributed by atoms with van der Waals surface area (Å²) in [6.07, 6.45) is 0. The number of amides is 1. The minimum absolute atomic E-state index is 0.104. The van der Waals surface area contributed by atoms with Crippen molar-refractivity contribution in [1.82, 2.24) is 15.5 Å². The first-order valence-corrected chi connectivity index (χ1v) is 7.21. The summed E-state index contributed by atoms with van der Waals surface area (Å²) in [6.45, 7) is 8.98. The Labute approximate surface area is 129 Å². The number of aromatic nitrogens is 2. The standard InChI is InChI=1S/C17H21N3O2/c1-11-9-13(17(2,3)4)6-5-12(11)10-18-16(22)14-7-8-15(21)20-19-14/h5-9H,10H2,1-4H3,(H,18,22)(H,20,21). The number of carbonyl (C=O) groups excluding carboxylic acids is 1. The number of nitrogens with one attached hydrogen (secondary N) is 2. The second-order valence-corrected chi connectivity index (χ2v) is 6.38. The zero-order valence-electron chi connectivity index (χ0n) is 13.4. The van der Waals surface area contributed by atoms with Gasteiger partial charge in [0.25, 0.3) is 11.5 Å². The van der Waals surface area contributed by atoms with Crippen molar-refractivity contribution in [2.75, 3.05) is 0 Å². The zero-order chi connectivity index (χ0) is 16.3. The topological polar surface area (TPSA) is 74.8 Å². The van der Waals surface area contributed by atoms with Crippen LogP contribution in [0.25, 0.3) is 0 Å². The van der Waals surface area contributed by atoms with E-state index in [0.717, 1.165) is 11.1 Å². The van der Waals surface area contributed by atoms with Crippen LogP contribution in [0.3, 0.4) is 0 Å². The molecule has 0 saturated heterocycles. The highest BCUT2D eigenvalue weighted by Crippen LogP contribution is 2.24. The quantitative estimate of drug-likeness (QED) is 0.913. The molecule has 1 aromatic carbocycles. The van der Waals surface area contributed by atoms with Gasteiger partial charge in [-0.1, -0.05) is 39.0 Å². The maximum Gasteiger partial charge on any atom is 0.271 e. The highest BCUT2D eigenvalue weighted by molar-refractivity contribution is 5.91. The third kappa shape index (κ3) is 3.81. The first kappa shape index (κ1) is 15.9. The Morgan fingerprint density at radius 3 is 2.50 bits per heavy atom. The molecule has 0 spiro atoms. The number of hydrogen-bond acceptors (Lipinski definition) is 3. The van der Waals surface area contributed by atoms with Crippen molar-refractivity contribution in [2.24, 2.45) is 0 Å². The number of rotatable bonds is 3. The summed E-state index contributed by atoms with van der Waals surface area (Å²) in [6, 6.07) is 8.97. The maximum absolute atomic E-state index is 12.0. The molecule has 116 valence electrons. The number of nitrogens with zero attached hydrogens (tertiary/aromatic N) is 1. The molecule has 0 radical (unpaired) electrons. The highest BCUT2D eigenvalue weighted by Gasteiger charge is 2.14. The first-order chi connectivity index (χ1) is 10.3. The van der Waals surface area contributed by atoms with Crippen LogP contribution in [0.1, 0.15) is 48.0 Å². The largest absolute Gasteiger partial charge is 0.347 e. The number of aromatic amines is 1. The molecule has 1 amide bonds. The Morgan fingerprint density at radius 2 is 1.95 bits per heavy atom. The number of hydrogen-bond donors (Lipinski definition) is 2. The second-order valence-electron chi connectivity index (χ2n) is 6.38. The van der Waals surface area contributed by atoms with Gasteiger partial charge in [-0.25, -0.2) is 5.10 Å². The molecule has 0 unspecified atom stereocenters. The molecule has 22 heavy (non-hydrogen) atoms. The van der Waals surface area contributed by atoms with Crippen molar-refractivity contribution >= 4 is 5.91 Å². The maximum atomic E-state index is 12.0. The monoisotopic (exact) mass is 299 g/mol. The highest BCUT2D eigenvalue weighted by atomic mass is 16.2. The van der Waals surface area contributed by atoms with Gasteiger partial charge in [-0.05, 0) is 35.1 Å². The van der Waals surface area contributed by atoms with Gasteiger partial charge < -0.3 is 5.32 Å². The predicted molar refractivity (Wildman–Crippen MR) is 85.9 cm³/mol. The minimum atomic E-state index is -0.329. The fraction of sp³-hybridized carbons (Fsp3) is 0.353. The van der Waals surface area contributed by atoms with Crippen molar-refractivity contribution < 1.29 is 4.79 Å². The Morgan fingerprint density at radius 1 is 1.23 bits per heavy atom. The summed E-state index contributed by atoms with van der Waals surface area (Å²) in [7, 11) is 0. The van der Waals surface area contributed by atoms with Crippen LogP contribution in [-0.2, 0) is 12.0 Å². The van der Waals surface area contributed by atoms with E-state index in [2.05, 4.69) is 48.4 Å². The van der Waals surface area contributed by atoms with Gasteiger partial charge in [0.15, 0.2) is 0 Å². The molecule has 0 bridgehead atoms. The summed E-state index contributed by atoms with van der Waals surface area (Å²) in [5.74, 6) is -0.310. The van der Waals surface area contributed by atoms with E-state index in [0.29, 0.717) is 6.54 Å². The molecule has 0 saturated carbocycles. The molecule has 5 heteroatoms. The molecule has 0 aliphatic rings. The van der Waals surface area contributed by atoms with Crippen LogP contribution in [0, 0.1) is 6.92 Å². The number of benzene rings is 1. The van der Waals surface area contributed by atoms with Crippen LogP contribution < -0.4 is 10.9 Å². The zero-order valence-corrected chi connectivity index (χ0v) is 13.4. The SMILES string of the molecule is Cc1cc(C(C)(C)C)ccc1CNC(=O)c1ccc(=O)[nH]n1. The second kappa shape index (κ2) is 6.13. The summed E-state index contributed by atoms with van der Waals surface area (Å²) in [5, 5.41) is 8.77. The van der Waals surface area contributed by atoms with Crippen LogP contribution in [0.2, 0.25) is 0 Å². The third-order valence-electron chi connectivity index (χ3n) is 3.56. The van der Waals surface area contributed by atoms with Crippen LogP contribution in [0.5, 0.6) is 0 Å². The molecule has 0 aliphatic carbocycles. The van der Waals surface area contributed by atoms with Crippen molar-refractivity contribution in [2.45, 2.75) is 39.7 Å². The molecular formula is C17H21N3O2. The predicted octanol–water partition coefficient (Wildman–Crippen LogP) is 2.31. The summed E-state index contributed by atoms with van der Waals surface area (Å²) in [5.41, 5.74) is 3.44. The van der Waals surface area contributed by atoms with Crippen LogP contribution in [-0.4, -0.2) is 16.1 Å². The molecule has 0 atom stereocenters. The molecule has 1 heterocycles. The molecule has 0 fully saturated rings. The molecule has 1 aromatic heterocycles. The van der Waals surface area contributed by atoms with Gasteiger partial charge in [0.2, 0.25) is 0 Å². The summed E-state index contributed by atoms with van der Waals surface area (Å²) >= 11 is 0. The smallest absolute Gasteiger partial charge is 0.271 e. The van der Waals surface area contributed by atoms with Crippen LogP contribution in [0.15, 0.2) is 35.1 Å². The van der Waals surface area contributed by atoms with Gasteiger partial charge in [-0.15, -0.1) is 0 Å². The summed E-state index contributed by atoms with van der Waals surface area (Å²) < 4.78 is 0. The van der Waals surface area contributed by atoms with Crippen LogP contribution in [0.4, 0.5) is 0 Å². The van der Waals surface area contributed by atoms with E-state index in [4.69, 9.17) is 0 Å². The summed E-state index contributed by atoms with van der Waals surface area (Å²) in [4.78, 5) is 22.9. The Hall–Kier alpha value is -2.43. The van der Waals surface area contributed by atoms with Gasteiger partial charge in [-0.2, -0.15) is 5.10 Å². The van der Waals surface area contributed by atoms with Crippen molar-refractivity contribution in [3.8, 4) is 0 Å². The van der Waals surface area contributed by atoms with Crippen molar-refractivity contribution in [3.63, 3.8) is 0 Å².